The lowest BCUT2D eigenvalue weighted by atomic mass is 10.1. The number of hydrogen-bond donors (Lipinski definition) is 1. The van der Waals surface area contributed by atoms with Crippen molar-refractivity contribution in [3.05, 3.63) is 47.3 Å². The molecule has 1 aliphatic heterocycles. The number of carbonyl (C=O) groups is 1. The van der Waals surface area contributed by atoms with Crippen molar-refractivity contribution in [1.82, 2.24) is 4.98 Å². The van der Waals surface area contributed by atoms with Gasteiger partial charge in [-0.25, -0.2) is 4.98 Å². The smallest absolute Gasteiger partial charge is 0.226 e. The van der Waals surface area contributed by atoms with E-state index >= 15 is 0 Å². The molecule has 1 aromatic heterocycles. The Bertz CT molecular complexity index is 1020. The number of methoxy groups -OCH3 is 2. The number of nitrogens with zero attached hydrogens (tertiary/aromatic N) is 1. The second-order valence-corrected chi connectivity index (χ2v) is 7.49. The van der Waals surface area contributed by atoms with E-state index in [4.69, 9.17) is 18.9 Å². The Morgan fingerprint density at radius 1 is 1.13 bits per heavy atom. The Morgan fingerprint density at radius 3 is 2.70 bits per heavy atom. The van der Waals surface area contributed by atoms with Gasteiger partial charge in [-0.2, -0.15) is 0 Å². The molecule has 0 fully saturated rings. The monoisotopic (exact) mass is 426 g/mol. The van der Waals surface area contributed by atoms with Crippen LogP contribution in [0.4, 0.5) is 5.13 Å². The van der Waals surface area contributed by atoms with E-state index in [1.807, 2.05) is 41.8 Å². The Morgan fingerprint density at radius 2 is 1.93 bits per heavy atom. The molecule has 0 atom stereocenters. The molecule has 0 radical (unpaired) electrons. The Hall–Kier alpha value is -3.26. The highest BCUT2D eigenvalue weighted by Gasteiger charge is 2.19. The van der Waals surface area contributed by atoms with Crippen LogP contribution in [0.2, 0.25) is 0 Å². The van der Waals surface area contributed by atoms with Gasteiger partial charge in [0.25, 0.3) is 0 Å². The molecule has 1 N–H and O–H groups in total. The van der Waals surface area contributed by atoms with E-state index in [0.29, 0.717) is 48.4 Å². The van der Waals surface area contributed by atoms with Crippen molar-refractivity contribution in [3.63, 3.8) is 0 Å². The van der Waals surface area contributed by atoms with Crippen LogP contribution in [0.25, 0.3) is 11.3 Å². The molecular formula is C22H22N2O5S. The van der Waals surface area contributed by atoms with Crippen LogP contribution >= 0.6 is 11.3 Å². The van der Waals surface area contributed by atoms with Gasteiger partial charge < -0.3 is 24.3 Å². The first-order valence-corrected chi connectivity index (χ1v) is 10.4. The van der Waals surface area contributed by atoms with Gasteiger partial charge in [-0.1, -0.05) is 0 Å². The van der Waals surface area contributed by atoms with Crippen LogP contribution in [0.5, 0.6) is 23.0 Å². The zero-order valence-electron chi connectivity index (χ0n) is 16.8. The van der Waals surface area contributed by atoms with Crippen molar-refractivity contribution in [2.24, 2.45) is 0 Å². The van der Waals surface area contributed by atoms with Crippen molar-refractivity contribution >= 4 is 22.4 Å². The maximum absolute atomic E-state index is 12.4. The summed E-state index contributed by atoms with van der Waals surface area (Å²) in [4.78, 5) is 16.9. The van der Waals surface area contributed by atoms with Crippen LogP contribution in [-0.2, 0) is 11.2 Å². The molecule has 1 amide bonds. The number of rotatable bonds is 7. The second-order valence-electron chi connectivity index (χ2n) is 6.64. The lowest BCUT2D eigenvalue weighted by molar-refractivity contribution is -0.116. The minimum Gasteiger partial charge on any atom is -0.497 e. The fraction of sp³-hybridized carbons (Fsp3) is 0.273. The van der Waals surface area contributed by atoms with Gasteiger partial charge in [0.05, 0.1) is 19.9 Å². The number of amides is 1. The van der Waals surface area contributed by atoms with Crippen LogP contribution in [-0.4, -0.2) is 38.3 Å². The number of hydrogen-bond acceptors (Lipinski definition) is 7. The fourth-order valence-corrected chi connectivity index (χ4v) is 3.87. The average molecular weight is 426 g/mol. The minimum atomic E-state index is -0.0977. The lowest BCUT2D eigenvalue weighted by Crippen LogP contribution is -2.16. The number of thiazole rings is 1. The summed E-state index contributed by atoms with van der Waals surface area (Å²) in [6.07, 6.45) is 0.871. The van der Waals surface area contributed by atoms with Gasteiger partial charge in [0.15, 0.2) is 16.6 Å². The maximum Gasteiger partial charge on any atom is 0.226 e. The van der Waals surface area contributed by atoms with E-state index in [1.54, 1.807) is 14.2 Å². The first-order valence-electron chi connectivity index (χ1n) is 9.52. The molecule has 156 valence electrons. The molecule has 2 heterocycles. The molecule has 0 saturated carbocycles. The number of aromatic nitrogens is 1. The molecule has 0 aliphatic carbocycles. The van der Waals surface area contributed by atoms with Crippen LogP contribution < -0.4 is 24.3 Å². The quantitative estimate of drug-likeness (QED) is 0.611. The zero-order chi connectivity index (χ0) is 20.9. The van der Waals surface area contributed by atoms with Gasteiger partial charge >= 0.3 is 0 Å². The third-order valence-corrected chi connectivity index (χ3v) is 5.42. The summed E-state index contributed by atoms with van der Waals surface area (Å²) in [7, 11) is 3.22. The fourth-order valence-electron chi connectivity index (χ4n) is 3.14. The summed E-state index contributed by atoms with van der Waals surface area (Å²) >= 11 is 1.40. The van der Waals surface area contributed by atoms with Crippen LogP contribution in [0, 0.1) is 0 Å². The highest BCUT2D eigenvalue weighted by atomic mass is 32.1. The largest absolute Gasteiger partial charge is 0.497 e. The SMILES string of the molecule is COc1ccc(-c2csc(NC(=O)CCc3cc(OC)c4c(c3)OCCO4)n2)cc1. The summed E-state index contributed by atoms with van der Waals surface area (Å²) in [5, 5.41) is 5.37. The molecule has 0 saturated heterocycles. The average Bonchev–Trinajstić information content (AvgIpc) is 3.25. The predicted molar refractivity (Wildman–Crippen MR) is 115 cm³/mol. The van der Waals surface area contributed by atoms with Crippen molar-refractivity contribution in [1.29, 1.82) is 0 Å². The van der Waals surface area contributed by atoms with Gasteiger partial charge in [0.2, 0.25) is 11.7 Å². The Balaban J connectivity index is 1.37. The van der Waals surface area contributed by atoms with Crippen LogP contribution in [0.3, 0.4) is 0 Å². The minimum absolute atomic E-state index is 0.0977. The molecule has 2 aromatic carbocycles. The molecule has 3 aromatic rings. The third kappa shape index (κ3) is 4.49. The molecule has 8 heteroatoms. The third-order valence-electron chi connectivity index (χ3n) is 4.66. The topological polar surface area (TPSA) is 78.9 Å². The predicted octanol–water partition coefficient (Wildman–Crippen LogP) is 4.17. The standard InChI is InChI=1S/C22H22N2O5S/c1-26-16-6-4-15(5-7-16)17-13-30-22(23-17)24-20(25)8-3-14-11-18(27-2)21-19(12-14)28-9-10-29-21/h4-7,11-13H,3,8-10H2,1-2H3,(H,23,24,25). The number of anilines is 1. The van der Waals surface area contributed by atoms with Crippen molar-refractivity contribution in [2.75, 3.05) is 32.8 Å². The molecule has 1 aliphatic rings. The first-order chi connectivity index (χ1) is 14.7. The highest BCUT2D eigenvalue weighted by Crippen LogP contribution is 2.40. The zero-order valence-corrected chi connectivity index (χ0v) is 17.6. The van der Waals surface area contributed by atoms with Gasteiger partial charge in [-0.15, -0.1) is 11.3 Å². The van der Waals surface area contributed by atoms with E-state index in [-0.39, 0.29) is 5.91 Å². The van der Waals surface area contributed by atoms with E-state index in [2.05, 4.69) is 10.3 Å². The Kier molecular flexibility index (Phi) is 6.04. The summed E-state index contributed by atoms with van der Waals surface area (Å²) in [6, 6.07) is 11.4. The van der Waals surface area contributed by atoms with E-state index in [0.717, 1.165) is 22.6 Å². The molecule has 4 rings (SSSR count). The van der Waals surface area contributed by atoms with Gasteiger partial charge in [-0.3, -0.25) is 4.79 Å². The summed E-state index contributed by atoms with van der Waals surface area (Å²) in [6.45, 7) is 0.998. The van der Waals surface area contributed by atoms with Crippen LogP contribution in [0.1, 0.15) is 12.0 Å². The van der Waals surface area contributed by atoms with Crippen molar-refractivity contribution in [2.45, 2.75) is 12.8 Å². The van der Waals surface area contributed by atoms with Crippen LogP contribution in [0.15, 0.2) is 41.8 Å². The molecule has 7 nitrogen and oxygen atoms in total. The number of nitrogens with one attached hydrogen (secondary N) is 1. The van der Waals surface area contributed by atoms with Gasteiger partial charge in [0.1, 0.15) is 19.0 Å². The first kappa shape index (κ1) is 20.0. The number of benzene rings is 2. The lowest BCUT2D eigenvalue weighted by Gasteiger charge is -2.21. The van der Waals surface area contributed by atoms with E-state index < -0.39 is 0 Å². The van der Waals surface area contributed by atoms with Crippen molar-refractivity contribution in [3.8, 4) is 34.3 Å². The van der Waals surface area contributed by atoms with E-state index in [1.165, 1.54) is 11.3 Å². The molecular weight excluding hydrogens is 404 g/mol. The number of aryl methyl sites for hydroxylation is 1. The molecule has 30 heavy (non-hydrogen) atoms. The Labute approximate surface area is 178 Å². The normalized spacial score (nSPS) is 12.3. The second kappa shape index (κ2) is 9.04. The number of carbonyl (C=O) groups excluding carboxylic acids is 1. The van der Waals surface area contributed by atoms with Gasteiger partial charge in [0, 0.05) is 17.4 Å². The maximum atomic E-state index is 12.4. The summed E-state index contributed by atoms with van der Waals surface area (Å²) in [5.74, 6) is 2.58. The molecule has 0 unspecified atom stereocenters. The number of fused-ring (bicyclic) bond motifs is 1. The van der Waals surface area contributed by atoms with Gasteiger partial charge in [-0.05, 0) is 48.4 Å². The summed E-state index contributed by atoms with van der Waals surface area (Å²) < 4.78 is 21.8. The van der Waals surface area contributed by atoms with E-state index in [9.17, 15) is 4.79 Å². The highest BCUT2D eigenvalue weighted by molar-refractivity contribution is 7.14. The summed E-state index contributed by atoms with van der Waals surface area (Å²) in [5.41, 5.74) is 2.73. The number of ether oxygens (including phenoxy) is 4. The van der Waals surface area contributed by atoms with Crippen molar-refractivity contribution < 1.29 is 23.7 Å². The molecule has 0 spiro atoms. The molecule has 0 bridgehead atoms.